The van der Waals surface area contributed by atoms with Crippen molar-refractivity contribution in [2.45, 2.75) is 25.5 Å². The minimum atomic E-state index is -0.896. The van der Waals surface area contributed by atoms with E-state index in [-0.39, 0.29) is 5.12 Å². The predicted octanol–water partition coefficient (Wildman–Crippen LogP) is 3.56. The van der Waals surface area contributed by atoms with Crippen LogP contribution in [0.2, 0.25) is 5.02 Å². The molecule has 0 saturated carbocycles. The lowest BCUT2D eigenvalue weighted by Gasteiger charge is -2.20. The van der Waals surface area contributed by atoms with Crippen LogP contribution in [0.15, 0.2) is 24.3 Å². The van der Waals surface area contributed by atoms with Gasteiger partial charge in [-0.2, -0.15) is 0 Å². The van der Waals surface area contributed by atoms with E-state index < -0.39 is 10.7 Å². The van der Waals surface area contributed by atoms with Gasteiger partial charge in [0.05, 0.1) is 6.61 Å². The maximum Gasteiger partial charge on any atom is 0.322 e. The summed E-state index contributed by atoms with van der Waals surface area (Å²) in [5, 5.41) is 0.394. The first kappa shape index (κ1) is 15.1. The van der Waals surface area contributed by atoms with E-state index >= 15 is 0 Å². The summed E-state index contributed by atoms with van der Waals surface area (Å²) in [6, 6.07) is 6.57. The maximum absolute atomic E-state index is 12.0. The van der Waals surface area contributed by atoms with E-state index in [9.17, 15) is 9.59 Å². The fourth-order valence-corrected chi connectivity index (χ4v) is 2.21. The molecule has 1 aromatic carbocycles. The Kier molecular flexibility index (Phi) is 5.23. The summed E-state index contributed by atoms with van der Waals surface area (Å²) >= 11 is 6.70. The minimum absolute atomic E-state index is 0.176. The molecule has 1 rings (SSSR count). The number of benzene rings is 1. The smallest absolute Gasteiger partial charge is 0.322 e. The summed E-state index contributed by atoms with van der Waals surface area (Å²) in [5.74, 6) is -0.391. The van der Waals surface area contributed by atoms with Crippen molar-refractivity contribution in [2.75, 3.05) is 6.61 Å². The van der Waals surface area contributed by atoms with E-state index in [1.165, 1.54) is 0 Å². The molecule has 0 amide bonds. The molecule has 0 aliphatic rings. The van der Waals surface area contributed by atoms with E-state index in [0.717, 1.165) is 11.8 Å². The molecule has 98 valence electrons. The van der Waals surface area contributed by atoms with Crippen molar-refractivity contribution in [1.29, 1.82) is 0 Å². The molecule has 1 aromatic rings. The Labute approximate surface area is 116 Å². The summed E-state index contributed by atoms with van der Waals surface area (Å²) < 4.78 is 4.03. The van der Waals surface area contributed by atoms with Gasteiger partial charge in [-0.3, -0.25) is 9.59 Å². The highest BCUT2D eigenvalue weighted by Gasteiger charge is 2.33. The Morgan fingerprint density at radius 1 is 1.28 bits per heavy atom. The summed E-state index contributed by atoms with van der Waals surface area (Å²) in [4.78, 5) is 23.7. The van der Waals surface area contributed by atoms with E-state index in [2.05, 4.69) is 0 Å². The average Bonchev–Trinajstić information content (AvgIpc) is 2.29. The van der Waals surface area contributed by atoms with Gasteiger partial charge in [-0.1, -0.05) is 23.4 Å². The van der Waals surface area contributed by atoms with Crippen LogP contribution in [-0.4, -0.2) is 22.4 Å². The Morgan fingerprint density at radius 2 is 1.83 bits per heavy atom. The third-order valence-electron chi connectivity index (χ3n) is 2.19. The number of esters is 1. The van der Waals surface area contributed by atoms with Gasteiger partial charge in [0.15, 0.2) is 0 Å². The molecule has 0 bridgehead atoms. The van der Waals surface area contributed by atoms with Crippen LogP contribution in [0.5, 0.6) is 0 Å². The fourth-order valence-electron chi connectivity index (χ4n) is 1.22. The quantitative estimate of drug-likeness (QED) is 0.794. The molecule has 5 heteroatoms. The summed E-state index contributed by atoms with van der Waals surface area (Å²) in [6.07, 6.45) is 0. The third-order valence-corrected chi connectivity index (χ3v) is 3.54. The average molecular weight is 287 g/mol. The normalized spacial score (nSPS) is 11.1. The zero-order chi connectivity index (χ0) is 13.8. The standard InChI is InChI=1S/C13H15ClO3S/c1-4-17-12(16)13(2,3)18-11(15)9-5-7-10(14)8-6-9/h5-8H,4H2,1-3H3. The van der Waals surface area contributed by atoms with Crippen LogP contribution in [0, 0.1) is 0 Å². The number of hydrogen-bond acceptors (Lipinski definition) is 4. The van der Waals surface area contributed by atoms with E-state index in [0.29, 0.717) is 17.2 Å². The molecule has 0 saturated heterocycles. The third kappa shape index (κ3) is 4.03. The molecule has 0 radical (unpaired) electrons. The first-order valence-corrected chi connectivity index (χ1v) is 6.72. The number of carbonyl (C=O) groups is 2. The molecule has 0 fully saturated rings. The Balaban J connectivity index is 2.75. The summed E-state index contributed by atoms with van der Waals surface area (Å²) in [6.45, 7) is 5.38. The monoisotopic (exact) mass is 286 g/mol. The number of thioether (sulfide) groups is 1. The molecular weight excluding hydrogens is 272 g/mol. The first-order chi connectivity index (χ1) is 8.36. The molecule has 0 aliphatic carbocycles. The second kappa shape index (κ2) is 6.25. The molecule has 0 heterocycles. The van der Waals surface area contributed by atoms with E-state index in [1.807, 2.05) is 0 Å². The van der Waals surface area contributed by atoms with Crippen molar-refractivity contribution in [3.63, 3.8) is 0 Å². The van der Waals surface area contributed by atoms with Gasteiger partial charge < -0.3 is 4.74 Å². The highest BCUT2D eigenvalue weighted by molar-refractivity contribution is 8.15. The van der Waals surface area contributed by atoms with Gasteiger partial charge >= 0.3 is 5.97 Å². The Hall–Kier alpha value is -1.00. The molecule has 0 aliphatic heterocycles. The summed E-state index contributed by atoms with van der Waals surface area (Å²) in [7, 11) is 0. The van der Waals surface area contributed by atoms with Crippen LogP contribution in [0.4, 0.5) is 0 Å². The lowest BCUT2D eigenvalue weighted by atomic mass is 10.2. The Morgan fingerprint density at radius 3 is 2.33 bits per heavy atom. The van der Waals surface area contributed by atoms with Crippen LogP contribution >= 0.6 is 23.4 Å². The van der Waals surface area contributed by atoms with Crippen molar-refractivity contribution < 1.29 is 14.3 Å². The van der Waals surface area contributed by atoms with Crippen molar-refractivity contribution in [3.05, 3.63) is 34.9 Å². The number of hydrogen-bond donors (Lipinski definition) is 0. The van der Waals surface area contributed by atoms with Crippen molar-refractivity contribution >= 4 is 34.4 Å². The number of halogens is 1. The van der Waals surface area contributed by atoms with Crippen LogP contribution in [0.1, 0.15) is 31.1 Å². The number of ether oxygens (including phenoxy) is 1. The van der Waals surface area contributed by atoms with Crippen LogP contribution in [0.3, 0.4) is 0 Å². The molecule has 0 unspecified atom stereocenters. The van der Waals surface area contributed by atoms with Crippen molar-refractivity contribution in [1.82, 2.24) is 0 Å². The van der Waals surface area contributed by atoms with Gasteiger partial charge in [0.2, 0.25) is 5.12 Å². The topological polar surface area (TPSA) is 43.4 Å². The second-order valence-corrected chi connectivity index (χ2v) is 6.16. The molecular formula is C13H15ClO3S. The highest BCUT2D eigenvalue weighted by atomic mass is 35.5. The number of carbonyl (C=O) groups excluding carboxylic acids is 2. The second-order valence-electron chi connectivity index (χ2n) is 4.13. The molecule has 0 aromatic heterocycles. The lowest BCUT2D eigenvalue weighted by Crippen LogP contribution is -2.31. The van der Waals surface area contributed by atoms with Gasteiger partial charge in [-0.15, -0.1) is 0 Å². The first-order valence-electron chi connectivity index (χ1n) is 5.53. The van der Waals surface area contributed by atoms with Crippen LogP contribution < -0.4 is 0 Å². The zero-order valence-electron chi connectivity index (χ0n) is 10.5. The van der Waals surface area contributed by atoms with E-state index in [4.69, 9.17) is 16.3 Å². The zero-order valence-corrected chi connectivity index (χ0v) is 12.1. The fraction of sp³-hybridized carbons (Fsp3) is 0.385. The minimum Gasteiger partial charge on any atom is -0.465 e. The maximum atomic E-state index is 12.0. The molecule has 0 spiro atoms. The van der Waals surface area contributed by atoms with Gasteiger partial charge in [-0.05, 0) is 45.0 Å². The number of rotatable bonds is 4. The Bertz CT molecular complexity index is 440. The SMILES string of the molecule is CCOC(=O)C(C)(C)SC(=O)c1ccc(Cl)cc1. The molecule has 18 heavy (non-hydrogen) atoms. The molecule has 0 atom stereocenters. The largest absolute Gasteiger partial charge is 0.465 e. The van der Waals surface area contributed by atoms with Crippen LogP contribution in [0.25, 0.3) is 0 Å². The lowest BCUT2D eigenvalue weighted by molar-refractivity contribution is -0.145. The van der Waals surface area contributed by atoms with Crippen molar-refractivity contribution in [3.8, 4) is 0 Å². The van der Waals surface area contributed by atoms with Gasteiger partial charge in [0.1, 0.15) is 4.75 Å². The predicted molar refractivity (Wildman–Crippen MR) is 74.1 cm³/mol. The highest BCUT2D eigenvalue weighted by Crippen LogP contribution is 2.29. The van der Waals surface area contributed by atoms with Gasteiger partial charge in [0, 0.05) is 10.6 Å². The van der Waals surface area contributed by atoms with Gasteiger partial charge in [0.25, 0.3) is 0 Å². The van der Waals surface area contributed by atoms with Crippen molar-refractivity contribution in [2.24, 2.45) is 0 Å². The summed E-state index contributed by atoms with van der Waals surface area (Å²) in [5.41, 5.74) is 0.516. The van der Waals surface area contributed by atoms with Crippen LogP contribution in [-0.2, 0) is 9.53 Å². The van der Waals surface area contributed by atoms with Gasteiger partial charge in [-0.25, -0.2) is 0 Å². The molecule has 3 nitrogen and oxygen atoms in total. The van der Waals surface area contributed by atoms with E-state index in [1.54, 1.807) is 45.0 Å². The molecule has 0 N–H and O–H groups in total.